The summed E-state index contributed by atoms with van der Waals surface area (Å²) in [4.78, 5) is 5.22. The molecule has 0 saturated heterocycles. The second-order valence-electron chi connectivity index (χ2n) is 21.5. The van der Waals surface area contributed by atoms with Gasteiger partial charge in [-0.25, -0.2) is 0 Å². The van der Waals surface area contributed by atoms with Crippen LogP contribution in [-0.2, 0) is 10.8 Å². The van der Waals surface area contributed by atoms with Gasteiger partial charge in [-0.05, 0) is 98.6 Å². The summed E-state index contributed by atoms with van der Waals surface area (Å²) in [6, 6.07) is 49.9. The van der Waals surface area contributed by atoms with E-state index in [-0.39, 0.29) is 23.5 Å². The van der Waals surface area contributed by atoms with Crippen LogP contribution in [0, 0.1) is 0 Å². The van der Waals surface area contributed by atoms with Crippen LogP contribution in [0.1, 0.15) is 78.0 Å². The summed E-state index contributed by atoms with van der Waals surface area (Å²) in [5.41, 5.74) is 16.4. The molecule has 0 spiro atoms. The van der Waals surface area contributed by atoms with Gasteiger partial charge >= 0.3 is 0 Å². The number of fused-ring (bicyclic) bond motifs is 10. The minimum Gasteiger partial charge on any atom is -0.486 e. The van der Waals surface area contributed by atoms with Crippen LogP contribution >= 0.6 is 22.7 Å². The molecule has 7 aromatic carbocycles. The Balaban J connectivity index is 1.20. The van der Waals surface area contributed by atoms with E-state index in [1.165, 1.54) is 74.6 Å². The number of benzene rings is 7. The third kappa shape index (κ3) is 6.79. The molecule has 0 bridgehead atoms. The predicted molar refractivity (Wildman–Crippen MR) is 296 cm³/mol. The zero-order valence-corrected chi connectivity index (χ0v) is 42.7. The first kappa shape index (κ1) is 43.4. The SMILES string of the molecule is CC(C)c1cc2c3c(c1)N(c1cc4c(cc1-c1ccccc1)OCCO4)c1c(sc4ccc(C(C)(C)C)cc14)B3c1sc3ccc(C(C)(C)C)cc3c1N2c1cc2c(cc1-c1ccccc1)OCCO2. The minimum atomic E-state index is -0.0561. The van der Waals surface area contributed by atoms with Crippen molar-refractivity contribution in [1.82, 2.24) is 0 Å². The van der Waals surface area contributed by atoms with Crippen LogP contribution in [0.2, 0.25) is 0 Å². The molecule has 4 aliphatic heterocycles. The van der Waals surface area contributed by atoms with Gasteiger partial charge in [0.1, 0.15) is 26.4 Å². The van der Waals surface area contributed by atoms with Crippen molar-refractivity contribution in [1.29, 1.82) is 0 Å². The Hall–Kier alpha value is -6.68. The van der Waals surface area contributed by atoms with Crippen molar-refractivity contribution < 1.29 is 18.9 Å². The normalized spacial score (nSPS) is 14.8. The predicted octanol–water partition coefficient (Wildman–Crippen LogP) is 14.8. The molecule has 9 aromatic rings. The first-order valence-electron chi connectivity index (χ1n) is 24.7. The van der Waals surface area contributed by atoms with Crippen molar-refractivity contribution >= 4 is 98.7 Å². The molecule has 348 valence electrons. The molecule has 2 aromatic heterocycles. The maximum absolute atomic E-state index is 6.51. The molecular weight excluding hydrogens is 900 g/mol. The Labute approximate surface area is 419 Å². The molecule has 4 aliphatic rings. The fraction of sp³-hybridized carbons (Fsp3) is 0.246. The molecule has 9 heteroatoms. The van der Waals surface area contributed by atoms with E-state index in [4.69, 9.17) is 18.9 Å². The van der Waals surface area contributed by atoms with Crippen molar-refractivity contribution in [2.45, 2.75) is 72.1 Å². The highest BCUT2D eigenvalue weighted by atomic mass is 32.1. The van der Waals surface area contributed by atoms with E-state index in [1.807, 2.05) is 22.7 Å². The molecule has 0 N–H and O–H groups in total. The van der Waals surface area contributed by atoms with Gasteiger partial charge in [-0.2, -0.15) is 0 Å². The maximum Gasteiger partial charge on any atom is 0.277 e. The molecule has 0 fully saturated rings. The number of nitrogens with zero attached hydrogens (tertiary/aromatic N) is 2. The highest BCUT2D eigenvalue weighted by Crippen LogP contribution is 2.56. The van der Waals surface area contributed by atoms with E-state index >= 15 is 0 Å². The summed E-state index contributed by atoms with van der Waals surface area (Å²) < 4.78 is 31.0. The van der Waals surface area contributed by atoms with Crippen molar-refractivity contribution in [2.75, 3.05) is 36.2 Å². The van der Waals surface area contributed by atoms with Crippen LogP contribution < -0.4 is 43.8 Å². The quantitative estimate of drug-likeness (QED) is 0.160. The minimum absolute atomic E-state index is 0.0514. The molecular formula is C61H55BN2O4S2. The van der Waals surface area contributed by atoms with Crippen molar-refractivity contribution in [3.63, 3.8) is 0 Å². The third-order valence-electron chi connectivity index (χ3n) is 14.6. The summed E-state index contributed by atoms with van der Waals surface area (Å²) in [6.07, 6.45) is 0. The van der Waals surface area contributed by atoms with Crippen LogP contribution in [0.4, 0.5) is 34.1 Å². The monoisotopic (exact) mass is 954 g/mol. The second kappa shape index (κ2) is 15.9. The fourth-order valence-electron chi connectivity index (χ4n) is 11.0. The molecule has 13 rings (SSSR count). The van der Waals surface area contributed by atoms with Crippen LogP contribution in [0.15, 0.2) is 133 Å². The first-order chi connectivity index (χ1) is 33.8. The largest absolute Gasteiger partial charge is 0.486 e. The van der Waals surface area contributed by atoms with Crippen LogP contribution in [-0.4, -0.2) is 33.1 Å². The summed E-state index contributed by atoms with van der Waals surface area (Å²) in [6.45, 7) is 20.6. The van der Waals surface area contributed by atoms with Gasteiger partial charge in [-0.1, -0.05) is 128 Å². The van der Waals surface area contributed by atoms with E-state index in [0.717, 1.165) is 56.6 Å². The first-order valence-corrected chi connectivity index (χ1v) is 26.3. The molecule has 0 unspecified atom stereocenters. The van der Waals surface area contributed by atoms with E-state index < -0.39 is 0 Å². The average molecular weight is 955 g/mol. The smallest absolute Gasteiger partial charge is 0.277 e. The molecule has 0 atom stereocenters. The summed E-state index contributed by atoms with van der Waals surface area (Å²) in [5.74, 6) is 3.29. The van der Waals surface area contributed by atoms with Gasteiger partial charge in [0.25, 0.3) is 6.71 Å². The standard InChI is InChI=1S/C61H55BN2O4S2/c1-35(2)38-27-47-55-48(28-38)64(46-34-52-50(66-24-26-68-52)32-42(46)37-17-13-10-14-18-37)57-44-30-40(61(6,7)8)20-22-54(44)70-59(57)62(55)58-56(43-29-39(60(3,4)5)19-21-53(43)69-58)63(47)45-33-51-49(65-23-25-67-51)31-41(45)36-15-11-9-12-16-36/h9-22,27-35H,23-26H2,1-8H3. The number of hydrogen-bond donors (Lipinski definition) is 0. The van der Waals surface area contributed by atoms with Crippen molar-refractivity contribution in [3.8, 4) is 45.3 Å². The van der Waals surface area contributed by atoms with E-state index in [9.17, 15) is 0 Å². The van der Waals surface area contributed by atoms with Gasteiger partial charge in [0, 0.05) is 64.4 Å². The highest BCUT2D eigenvalue weighted by molar-refractivity contribution is 7.40. The van der Waals surface area contributed by atoms with E-state index in [0.29, 0.717) is 26.4 Å². The molecule has 0 saturated carbocycles. The van der Waals surface area contributed by atoms with E-state index in [1.54, 1.807) is 0 Å². The number of anilines is 6. The van der Waals surface area contributed by atoms with Crippen molar-refractivity contribution in [3.05, 3.63) is 150 Å². The van der Waals surface area contributed by atoms with Crippen molar-refractivity contribution in [2.24, 2.45) is 0 Å². The third-order valence-corrected chi connectivity index (χ3v) is 17.1. The van der Waals surface area contributed by atoms with Gasteiger partial charge in [0.2, 0.25) is 0 Å². The summed E-state index contributed by atoms with van der Waals surface area (Å²) >= 11 is 3.90. The molecule has 6 heterocycles. The second-order valence-corrected chi connectivity index (χ2v) is 23.7. The van der Waals surface area contributed by atoms with Crippen LogP contribution in [0.5, 0.6) is 23.0 Å². The Bertz CT molecular complexity index is 3360. The zero-order chi connectivity index (χ0) is 47.8. The highest BCUT2D eigenvalue weighted by Gasteiger charge is 2.48. The summed E-state index contributed by atoms with van der Waals surface area (Å²) in [7, 11) is 0. The van der Waals surface area contributed by atoms with Gasteiger partial charge in [0.15, 0.2) is 23.0 Å². The summed E-state index contributed by atoms with van der Waals surface area (Å²) in [5, 5.41) is 2.53. The van der Waals surface area contributed by atoms with Crippen LogP contribution in [0.25, 0.3) is 42.4 Å². The number of rotatable bonds is 5. The van der Waals surface area contributed by atoms with Gasteiger partial charge in [-0.3, -0.25) is 0 Å². The van der Waals surface area contributed by atoms with Gasteiger partial charge in [-0.15, -0.1) is 22.7 Å². The Morgan fingerprint density at radius 2 is 0.871 bits per heavy atom. The fourth-order valence-corrected chi connectivity index (χ4v) is 13.6. The molecule has 0 radical (unpaired) electrons. The lowest BCUT2D eigenvalue weighted by Crippen LogP contribution is -2.59. The number of hydrogen-bond acceptors (Lipinski definition) is 8. The topological polar surface area (TPSA) is 43.4 Å². The van der Waals surface area contributed by atoms with Gasteiger partial charge < -0.3 is 28.7 Å². The Kier molecular flexibility index (Phi) is 9.86. The lowest BCUT2D eigenvalue weighted by Gasteiger charge is -2.43. The lowest BCUT2D eigenvalue weighted by atomic mass is 9.39. The molecule has 70 heavy (non-hydrogen) atoms. The molecule has 0 aliphatic carbocycles. The Morgan fingerprint density at radius 3 is 1.26 bits per heavy atom. The zero-order valence-electron chi connectivity index (χ0n) is 41.0. The number of ether oxygens (including phenoxy) is 4. The van der Waals surface area contributed by atoms with Crippen LogP contribution in [0.3, 0.4) is 0 Å². The molecule has 6 nitrogen and oxygen atoms in total. The average Bonchev–Trinajstić information content (AvgIpc) is 3.94. The van der Waals surface area contributed by atoms with E-state index in [2.05, 4.69) is 199 Å². The maximum atomic E-state index is 6.51. The number of thiophene rings is 2. The Morgan fingerprint density at radius 1 is 0.471 bits per heavy atom. The van der Waals surface area contributed by atoms with Gasteiger partial charge in [0.05, 0.1) is 22.7 Å². The molecule has 0 amide bonds. The lowest BCUT2D eigenvalue weighted by molar-refractivity contribution is 0.172.